The zero-order valence-electron chi connectivity index (χ0n) is 14.1. The van der Waals surface area contributed by atoms with Crippen molar-refractivity contribution < 1.29 is 23.9 Å². The molecule has 0 saturated carbocycles. The van der Waals surface area contributed by atoms with E-state index in [0.717, 1.165) is 15.5 Å². The quantitative estimate of drug-likeness (QED) is 0.584. The first kappa shape index (κ1) is 16.8. The van der Waals surface area contributed by atoms with Gasteiger partial charge in [0.15, 0.2) is 5.54 Å². The Kier molecular flexibility index (Phi) is 3.90. The number of esters is 1. The molecular formula is C17H17N3O5. The zero-order valence-corrected chi connectivity index (χ0v) is 14.1. The van der Waals surface area contributed by atoms with Crippen LogP contribution in [0.25, 0.3) is 0 Å². The van der Waals surface area contributed by atoms with Gasteiger partial charge < -0.3 is 4.74 Å². The molecule has 8 heteroatoms. The van der Waals surface area contributed by atoms with Crippen LogP contribution in [0.2, 0.25) is 0 Å². The van der Waals surface area contributed by atoms with Crippen LogP contribution in [0.4, 0.5) is 5.69 Å². The second-order valence-electron chi connectivity index (χ2n) is 6.12. The highest BCUT2D eigenvalue weighted by Crippen LogP contribution is 2.40. The second kappa shape index (κ2) is 5.80. The molecule has 1 unspecified atom stereocenters. The number of imide groups is 1. The lowest BCUT2D eigenvalue weighted by atomic mass is 9.91. The van der Waals surface area contributed by atoms with Crippen LogP contribution in [-0.4, -0.2) is 47.1 Å². The first-order chi connectivity index (χ1) is 11.8. The summed E-state index contributed by atoms with van der Waals surface area (Å²) in [6, 6.07) is 6.90. The average Bonchev–Trinajstić information content (AvgIpc) is 3.07. The number of rotatable bonds is 2. The minimum atomic E-state index is -1.50. The molecule has 0 radical (unpaired) electrons. The Morgan fingerprint density at radius 3 is 2.36 bits per heavy atom. The first-order valence-corrected chi connectivity index (χ1v) is 7.71. The van der Waals surface area contributed by atoms with Crippen molar-refractivity contribution in [3.8, 4) is 0 Å². The van der Waals surface area contributed by atoms with Gasteiger partial charge in [-0.05, 0) is 19.1 Å². The summed E-state index contributed by atoms with van der Waals surface area (Å²) >= 11 is 0. The molecule has 3 rings (SSSR count). The van der Waals surface area contributed by atoms with Gasteiger partial charge in [-0.2, -0.15) is 5.10 Å². The first-order valence-electron chi connectivity index (χ1n) is 7.71. The molecule has 1 spiro atoms. The molecule has 0 N–H and O–H groups in total. The zero-order chi connectivity index (χ0) is 18.4. The number of hydrogen-bond acceptors (Lipinski definition) is 6. The summed E-state index contributed by atoms with van der Waals surface area (Å²) in [4.78, 5) is 50.5. The molecule has 2 aliphatic heterocycles. The highest BCUT2D eigenvalue weighted by atomic mass is 16.5. The molecule has 1 aromatic carbocycles. The Hall–Kier alpha value is -3.03. The second-order valence-corrected chi connectivity index (χ2v) is 6.12. The summed E-state index contributed by atoms with van der Waals surface area (Å²) in [7, 11) is 1.19. The number of amides is 3. The number of carbonyl (C=O) groups excluding carboxylic acids is 4. The van der Waals surface area contributed by atoms with E-state index in [1.165, 1.54) is 14.0 Å². The molecule has 130 valence electrons. The molecule has 2 heterocycles. The minimum Gasteiger partial charge on any atom is -0.464 e. The van der Waals surface area contributed by atoms with Crippen LogP contribution in [0.5, 0.6) is 0 Å². The van der Waals surface area contributed by atoms with E-state index in [9.17, 15) is 19.2 Å². The lowest BCUT2D eigenvalue weighted by Gasteiger charge is -2.28. The number of ether oxygens (including phenoxy) is 1. The normalized spacial score (nSPS) is 22.6. The van der Waals surface area contributed by atoms with Crippen molar-refractivity contribution in [1.29, 1.82) is 0 Å². The third-order valence-corrected chi connectivity index (χ3v) is 4.39. The SMILES string of the molecule is COC(=O)C1=NN(C(C)=O)C2(CC(=O)N(c3ccc(C)cc3)C2=O)C1. The molecule has 1 fully saturated rings. The number of hydrogen-bond donors (Lipinski definition) is 0. The van der Waals surface area contributed by atoms with Crippen molar-refractivity contribution >= 4 is 35.1 Å². The third kappa shape index (κ3) is 2.50. The van der Waals surface area contributed by atoms with Gasteiger partial charge in [-0.3, -0.25) is 14.4 Å². The minimum absolute atomic E-state index is 0.0513. The maximum atomic E-state index is 13.1. The Labute approximate surface area is 144 Å². The molecule has 1 aromatic rings. The van der Waals surface area contributed by atoms with Gasteiger partial charge in [0, 0.05) is 13.3 Å². The van der Waals surface area contributed by atoms with Crippen molar-refractivity contribution in [3.05, 3.63) is 29.8 Å². The number of methoxy groups -OCH3 is 1. The number of hydrazone groups is 1. The van der Waals surface area contributed by atoms with E-state index >= 15 is 0 Å². The Morgan fingerprint density at radius 1 is 1.16 bits per heavy atom. The van der Waals surface area contributed by atoms with Crippen LogP contribution in [0.3, 0.4) is 0 Å². The predicted molar refractivity (Wildman–Crippen MR) is 87.6 cm³/mol. The van der Waals surface area contributed by atoms with E-state index in [1.807, 2.05) is 6.92 Å². The van der Waals surface area contributed by atoms with Gasteiger partial charge in [0.1, 0.15) is 5.71 Å². The topological polar surface area (TPSA) is 96.3 Å². The van der Waals surface area contributed by atoms with E-state index in [-0.39, 0.29) is 18.6 Å². The van der Waals surface area contributed by atoms with E-state index in [1.54, 1.807) is 24.3 Å². The van der Waals surface area contributed by atoms with Gasteiger partial charge in [-0.1, -0.05) is 17.7 Å². The lowest BCUT2D eigenvalue weighted by Crippen LogP contribution is -2.51. The van der Waals surface area contributed by atoms with Crippen LogP contribution in [0.1, 0.15) is 25.3 Å². The van der Waals surface area contributed by atoms with E-state index in [4.69, 9.17) is 0 Å². The maximum Gasteiger partial charge on any atom is 0.354 e. The fourth-order valence-electron chi connectivity index (χ4n) is 3.19. The van der Waals surface area contributed by atoms with Crippen molar-refractivity contribution in [2.45, 2.75) is 32.2 Å². The summed E-state index contributed by atoms with van der Waals surface area (Å²) in [5.41, 5.74) is -0.144. The van der Waals surface area contributed by atoms with Crippen LogP contribution >= 0.6 is 0 Å². The fourth-order valence-corrected chi connectivity index (χ4v) is 3.19. The molecule has 2 aliphatic rings. The smallest absolute Gasteiger partial charge is 0.354 e. The van der Waals surface area contributed by atoms with Crippen molar-refractivity contribution in [2.75, 3.05) is 12.0 Å². The highest BCUT2D eigenvalue weighted by Gasteiger charge is 2.61. The monoisotopic (exact) mass is 343 g/mol. The Balaban J connectivity index is 2.01. The van der Waals surface area contributed by atoms with Gasteiger partial charge in [0.25, 0.3) is 5.91 Å². The number of aryl methyl sites for hydroxylation is 1. The number of anilines is 1. The molecule has 25 heavy (non-hydrogen) atoms. The fraction of sp³-hybridized carbons (Fsp3) is 0.353. The largest absolute Gasteiger partial charge is 0.464 e. The molecular weight excluding hydrogens is 326 g/mol. The Morgan fingerprint density at radius 2 is 1.80 bits per heavy atom. The molecule has 0 aliphatic carbocycles. The van der Waals surface area contributed by atoms with Gasteiger partial charge in [-0.15, -0.1) is 0 Å². The number of carbonyl (C=O) groups is 4. The van der Waals surface area contributed by atoms with E-state index < -0.39 is 29.2 Å². The highest BCUT2D eigenvalue weighted by molar-refractivity contribution is 6.39. The molecule has 0 aromatic heterocycles. The van der Waals surface area contributed by atoms with Crippen molar-refractivity contribution in [2.24, 2.45) is 5.10 Å². The molecule has 3 amide bonds. The summed E-state index contributed by atoms with van der Waals surface area (Å²) in [5, 5.41) is 4.89. The molecule has 1 atom stereocenters. The average molecular weight is 343 g/mol. The summed E-state index contributed by atoms with van der Waals surface area (Å²) in [6.45, 7) is 3.13. The van der Waals surface area contributed by atoms with Gasteiger partial charge in [-0.25, -0.2) is 14.7 Å². The van der Waals surface area contributed by atoms with Gasteiger partial charge >= 0.3 is 5.97 Å². The summed E-state index contributed by atoms with van der Waals surface area (Å²) < 4.78 is 4.63. The van der Waals surface area contributed by atoms with Crippen molar-refractivity contribution in [1.82, 2.24) is 5.01 Å². The van der Waals surface area contributed by atoms with Crippen LogP contribution in [0, 0.1) is 6.92 Å². The molecule has 0 bridgehead atoms. The number of benzene rings is 1. The molecule has 1 saturated heterocycles. The summed E-state index contributed by atoms with van der Waals surface area (Å²) in [5.74, 6) is -2.26. The molecule has 8 nitrogen and oxygen atoms in total. The van der Waals surface area contributed by atoms with E-state index in [2.05, 4.69) is 9.84 Å². The number of nitrogens with zero attached hydrogens (tertiary/aromatic N) is 3. The maximum absolute atomic E-state index is 13.1. The van der Waals surface area contributed by atoms with Crippen LogP contribution < -0.4 is 4.90 Å². The van der Waals surface area contributed by atoms with Gasteiger partial charge in [0.2, 0.25) is 11.8 Å². The van der Waals surface area contributed by atoms with E-state index in [0.29, 0.717) is 5.69 Å². The Bertz CT molecular complexity index is 814. The standard InChI is InChI=1S/C17H17N3O5/c1-10-4-6-12(7-5-10)19-14(22)9-17(16(19)24)8-13(15(23)25-3)18-20(17)11(2)21/h4-7H,8-9H2,1-3H3. The summed E-state index contributed by atoms with van der Waals surface area (Å²) in [6.07, 6.45) is -0.379. The lowest BCUT2D eigenvalue weighted by molar-refractivity contribution is -0.141. The van der Waals surface area contributed by atoms with Crippen LogP contribution in [-0.2, 0) is 23.9 Å². The van der Waals surface area contributed by atoms with Crippen molar-refractivity contribution in [3.63, 3.8) is 0 Å². The van der Waals surface area contributed by atoms with Crippen LogP contribution in [0.15, 0.2) is 29.4 Å². The van der Waals surface area contributed by atoms with Gasteiger partial charge in [0.05, 0.1) is 19.2 Å². The predicted octanol–water partition coefficient (Wildman–Crippen LogP) is 0.778. The third-order valence-electron chi connectivity index (χ3n) is 4.39.